The lowest BCUT2D eigenvalue weighted by Gasteiger charge is -2.19. The Labute approximate surface area is 87.0 Å². The zero-order chi connectivity index (χ0) is 10.8. The number of pyridine rings is 1. The summed E-state index contributed by atoms with van der Waals surface area (Å²) in [6.07, 6.45) is 1.90. The Hall–Kier alpha value is -0.890. The molecule has 0 atom stereocenters. The van der Waals surface area contributed by atoms with Gasteiger partial charge >= 0.3 is 0 Å². The second-order valence-electron chi connectivity index (χ2n) is 5.04. The topological polar surface area (TPSA) is 16.1 Å². The van der Waals surface area contributed by atoms with Crippen molar-refractivity contribution in [3.8, 4) is 0 Å². The van der Waals surface area contributed by atoms with Gasteiger partial charge in [-0.3, -0.25) is 4.98 Å². The van der Waals surface area contributed by atoms with Crippen molar-refractivity contribution < 1.29 is 0 Å². The summed E-state index contributed by atoms with van der Waals surface area (Å²) in [5.41, 5.74) is 2.63. The van der Waals surface area contributed by atoms with Crippen LogP contribution in [0.3, 0.4) is 0 Å². The minimum Gasteiger partial charge on any atom is -0.305 e. The van der Waals surface area contributed by atoms with Crippen LogP contribution >= 0.6 is 0 Å². The number of aromatic nitrogens is 1. The lowest BCUT2D eigenvalue weighted by atomic mass is 9.91. The van der Waals surface area contributed by atoms with Crippen LogP contribution in [-0.2, 0) is 12.0 Å². The fourth-order valence-electron chi connectivity index (χ4n) is 1.35. The number of hydrogen-bond acceptors (Lipinski definition) is 2. The van der Waals surface area contributed by atoms with E-state index < -0.39 is 0 Å². The molecule has 0 aromatic carbocycles. The molecule has 0 amide bonds. The molecule has 0 bridgehead atoms. The molecule has 1 aromatic heterocycles. The highest BCUT2D eigenvalue weighted by Crippen LogP contribution is 2.20. The maximum atomic E-state index is 4.40. The maximum Gasteiger partial charge on any atom is 0.0460 e. The van der Waals surface area contributed by atoms with Crippen molar-refractivity contribution in [3.05, 3.63) is 29.6 Å². The molecule has 0 unspecified atom stereocenters. The first kappa shape index (κ1) is 11.2. The van der Waals surface area contributed by atoms with E-state index in [9.17, 15) is 0 Å². The molecule has 0 aliphatic carbocycles. The molecule has 0 aliphatic rings. The lowest BCUT2D eigenvalue weighted by Crippen LogP contribution is -2.15. The van der Waals surface area contributed by atoms with Gasteiger partial charge in [-0.1, -0.05) is 20.8 Å². The van der Waals surface area contributed by atoms with E-state index in [1.165, 1.54) is 5.56 Å². The molecule has 0 saturated heterocycles. The van der Waals surface area contributed by atoms with Crippen LogP contribution in [0.4, 0.5) is 0 Å². The molecule has 0 saturated carbocycles. The van der Waals surface area contributed by atoms with E-state index in [0.29, 0.717) is 0 Å². The molecule has 1 heterocycles. The summed E-state index contributed by atoms with van der Waals surface area (Å²) in [5, 5.41) is 0. The van der Waals surface area contributed by atoms with E-state index in [2.05, 4.69) is 56.9 Å². The second kappa shape index (κ2) is 4.09. The van der Waals surface area contributed by atoms with Gasteiger partial charge in [-0.25, -0.2) is 0 Å². The summed E-state index contributed by atoms with van der Waals surface area (Å²) in [5.74, 6) is 0. The summed E-state index contributed by atoms with van der Waals surface area (Å²) in [6, 6.07) is 4.27. The average molecular weight is 192 g/mol. The van der Waals surface area contributed by atoms with E-state index in [1.807, 2.05) is 6.20 Å². The first-order chi connectivity index (χ1) is 6.39. The molecule has 0 N–H and O–H groups in total. The van der Waals surface area contributed by atoms with Crippen molar-refractivity contribution in [1.82, 2.24) is 9.88 Å². The number of rotatable bonds is 2. The average Bonchev–Trinajstić information content (AvgIpc) is 2.01. The third kappa shape index (κ3) is 3.11. The van der Waals surface area contributed by atoms with Crippen LogP contribution in [0.2, 0.25) is 0 Å². The van der Waals surface area contributed by atoms with Crippen LogP contribution in [0.5, 0.6) is 0 Å². The second-order valence-corrected chi connectivity index (χ2v) is 5.04. The van der Waals surface area contributed by atoms with Gasteiger partial charge in [-0.15, -0.1) is 0 Å². The third-order valence-electron chi connectivity index (χ3n) is 2.09. The number of hydrogen-bond donors (Lipinski definition) is 0. The summed E-state index contributed by atoms with van der Waals surface area (Å²) in [7, 11) is 4.16. The summed E-state index contributed by atoms with van der Waals surface area (Å²) >= 11 is 0. The SMILES string of the molecule is CN(C)Cc1ccnc(C(C)(C)C)c1. The molecule has 78 valence electrons. The Bertz CT molecular complexity index is 297. The van der Waals surface area contributed by atoms with Gasteiger partial charge in [0.25, 0.3) is 0 Å². The largest absolute Gasteiger partial charge is 0.305 e. The van der Waals surface area contributed by atoms with Gasteiger partial charge in [-0.2, -0.15) is 0 Å². The molecule has 14 heavy (non-hydrogen) atoms. The highest BCUT2D eigenvalue weighted by atomic mass is 15.0. The molecule has 2 heteroatoms. The standard InChI is InChI=1S/C12H20N2/c1-12(2,3)11-8-10(6-7-13-11)9-14(4)5/h6-8H,9H2,1-5H3. The predicted molar refractivity (Wildman–Crippen MR) is 60.3 cm³/mol. The Morgan fingerprint density at radius 1 is 1.29 bits per heavy atom. The number of nitrogens with zero attached hydrogens (tertiary/aromatic N) is 2. The zero-order valence-electron chi connectivity index (χ0n) is 9.83. The first-order valence-corrected chi connectivity index (χ1v) is 5.00. The molecular formula is C12H20N2. The van der Waals surface area contributed by atoms with Gasteiger partial charge in [-0.05, 0) is 31.8 Å². The molecule has 0 fully saturated rings. The summed E-state index contributed by atoms with van der Waals surface area (Å²) in [4.78, 5) is 6.57. The quantitative estimate of drug-likeness (QED) is 0.715. The van der Waals surface area contributed by atoms with E-state index in [4.69, 9.17) is 0 Å². The van der Waals surface area contributed by atoms with Gasteiger partial charge in [0.05, 0.1) is 0 Å². The van der Waals surface area contributed by atoms with Crippen LogP contribution in [0, 0.1) is 0 Å². The zero-order valence-corrected chi connectivity index (χ0v) is 9.83. The predicted octanol–water partition coefficient (Wildman–Crippen LogP) is 2.44. The highest BCUT2D eigenvalue weighted by molar-refractivity contribution is 5.21. The Morgan fingerprint density at radius 3 is 2.43 bits per heavy atom. The Balaban J connectivity index is 2.90. The summed E-state index contributed by atoms with van der Waals surface area (Å²) < 4.78 is 0. The van der Waals surface area contributed by atoms with Crippen LogP contribution in [-0.4, -0.2) is 24.0 Å². The third-order valence-corrected chi connectivity index (χ3v) is 2.09. The van der Waals surface area contributed by atoms with Gasteiger partial charge in [0, 0.05) is 23.9 Å². The van der Waals surface area contributed by atoms with Crippen LogP contribution in [0.1, 0.15) is 32.0 Å². The van der Waals surface area contributed by atoms with Gasteiger partial charge in [0.2, 0.25) is 0 Å². The van der Waals surface area contributed by atoms with E-state index in [-0.39, 0.29) is 5.41 Å². The Kier molecular flexibility index (Phi) is 3.27. The molecule has 1 aromatic rings. The molecule has 2 nitrogen and oxygen atoms in total. The van der Waals surface area contributed by atoms with Gasteiger partial charge < -0.3 is 4.90 Å². The fourth-order valence-corrected chi connectivity index (χ4v) is 1.35. The minimum atomic E-state index is 0.141. The molecule has 0 radical (unpaired) electrons. The van der Waals surface area contributed by atoms with Crippen molar-refractivity contribution >= 4 is 0 Å². The minimum absolute atomic E-state index is 0.141. The normalized spacial score (nSPS) is 12.1. The van der Waals surface area contributed by atoms with E-state index in [0.717, 1.165) is 12.2 Å². The Morgan fingerprint density at radius 2 is 1.93 bits per heavy atom. The fraction of sp³-hybridized carbons (Fsp3) is 0.583. The van der Waals surface area contributed by atoms with Crippen molar-refractivity contribution in [2.75, 3.05) is 14.1 Å². The molecular weight excluding hydrogens is 172 g/mol. The monoisotopic (exact) mass is 192 g/mol. The van der Waals surface area contributed by atoms with Gasteiger partial charge in [0.1, 0.15) is 0 Å². The molecule has 0 spiro atoms. The maximum absolute atomic E-state index is 4.40. The van der Waals surface area contributed by atoms with Gasteiger partial charge in [0.15, 0.2) is 0 Å². The van der Waals surface area contributed by atoms with Crippen LogP contribution in [0.25, 0.3) is 0 Å². The lowest BCUT2D eigenvalue weighted by molar-refractivity contribution is 0.401. The molecule has 1 rings (SSSR count). The van der Waals surface area contributed by atoms with Crippen molar-refractivity contribution in [1.29, 1.82) is 0 Å². The first-order valence-electron chi connectivity index (χ1n) is 5.00. The van der Waals surface area contributed by atoms with Crippen LogP contribution in [0.15, 0.2) is 18.3 Å². The van der Waals surface area contributed by atoms with Crippen LogP contribution < -0.4 is 0 Å². The molecule has 0 aliphatic heterocycles. The smallest absolute Gasteiger partial charge is 0.0460 e. The highest BCUT2D eigenvalue weighted by Gasteiger charge is 2.15. The van der Waals surface area contributed by atoms with E-state index in [1.54, 1.807) is 0 Å². The van der Waals surface area contributed by atoms with Crippen molar-refractivity contribution in [2.24, 2.45) is 0 Å². The van der Waals surface area contributed by atoms with Crippen molar-refractivity contribution in [3.63, 3.8) is 0 Å². The van der Waals surface area contributed by atoms with Crippen molar-refractivity contribution in [2.45, 2.75) is 32.7 Å². The summed E-state index contributed by atoms with van der Waals surface area (Å²) in [6.45, 7) is 7.55. The van der Waals surface area contributed by atoms with E-state index >= 15 is 0 Å².